The van der Waals surface area contributed by atoms with Crippen LogP contribution in [0.4, 0.5) is 10.5 Å². The molecular formula is C15H20N2O4. The highest BCUT2D eigenvalue weighted by Crippen LogP contribution is 2.24. The highest BCUT2D eigenvalue weighted by molar-refractivity contribution is 5.95. The minimum absolute atomic E-state index is 0.148. The molecule has 0 spiro atoms. The number of aromatic carboxylic acids is 1. The van der Waals surface area contributed by atoms with Crippen LogP contribution < -0.4 is 10.6 Å². The minimum atomic E-state index is -1.24. The summed E-state index contributed by atoms with van der Waals surface area (Å²) >= 11 is 0. The topological polar surface area (TPSA) is 98.7 Å². The van der Waals surface area contributed by atoms with Crippen molar-refractivity contribution < 1.29 is 19.8 Å². The Kier molecular flexibility index (Phi) is 4.67. The molecule has 0 aliphatic heterocycles. The fraction of sp³-hybridized carbons (Fsp3) is 0.467. The molecule has 2 rings (SSSR count). The molecule has 0 aromatic heterocycles. The van der Waals surface area contributed by atoms with Crippen LogP contribution in [0.25, 0.3) is 0 Å². The number of carboxylic acids is 1. The molecule has 1 aliphatic carbocycles. The van der Waals surface area contributed by atoms with Crippen LogP contribution >= 0.6 is 0 Å². The highest BCUT2D eigenvalue weighted by atomic mass is 16.4. The monoisotopic (exact) mass is 292 g/mol. The lowest BCUT2D eigenvalue weighted by Gasteiger charge is -2.29. The third-order valence-corrected chi connectivity index (χ3v) is 3.91. The van der Waals surface area contributed by atoms with Crippen molar-refractivity contribution in [2.75, 3.05) is 5.32 Å². The first-order chi connectivity index (χ1) is 9.97. The summed E-state index contributed by atoms with van der Waals surface area (Å²) in [6, 6.07) is 3.75. The lowest BCUT2D eigenvalue weighted by Crippen LogP contribution is -2.43. The van der Waals surface area contributed by atoms with Gasteiger partial charge < -0.3 is 20.8 Å². The average Bonchev–Trinajstić information content (AvgIpc) is 2.43. The number of phenols is 1. The van der Waals surface area contributed by atoms with E-state index >= 15 is 0 Å². The predicted octanol–water partition coefficient (Wildman–Crippen LogP) is 2.79. The quantitative estimate of drug-likeness (QED) is 0.644. The van der Waals surface area contributed by atoms with Gasteiger partial charge in [-0.25, -0.2) is 9.59 Å². The zero-order valence-electron chi connectivity index (χ0n) is 11.9. The second-order valence-corrected chi connectivity index (χ2v) is 5.50. The first-order valence-corrected chi connectivity index (χ1v) is 7.11. The first kappa shape index (κ1) is 15.2. The molecule has 1 aliphatic rings. The van der Waals surface area contributed by atoms with Crippen LogP contribution in [0.1, 0.15) is 43.0 Å². The van der Waals surface area contributed by atoms with Gasteiger partial charge in [0, 0.05) is 11.7 Å². The molecular weight excluding hydrogens is 272 g/mol. The Hall–Kier alpha value is -2.24. The summed E-state index contributed by atoms with van der Waals surface area (Å²) in [6.07, 6.45) is 4.37. The molecule has 1 fully saturated rings. The molecule has 0 bridgehead atoms. The maximum atomic E-state index is 12.0. The number of carbonyl (C=O) groups is 2. The number of rotatable bonds is 3. The molecule has 2 atom stereocenters. The van der Waals surface area contributed by atoms with E-state index in [4.69, 9.17) is 5.11 Å². The van der Waals surface area contributed by atoms with Gasteiger partial charge in [0.15, 0.2) is 0 Å². The lowest BCUT2D eigenvalue weighted by molar-refractivity contribution is 0.0693. The molecule has 2 amide bonds. The van der Waals surface area contributed by atoms with E-state index in [9.17, 15) is 14.7 Å². The molecule has 4 N–H and O–H groups in total. The number of hydrogen-bond acceptors (Lipinski definition) is 3. The Morgan fingerprint density at radius 1 is 1.24 bits per heavy atom. The summed E-state index contributed by atoms with van der Waals surface area (Å²) in [4.78, 5) is 22.9. The number of urea groups is 1. The van der Waals surface area contributed by atoms with Crippen molar-refractivity contribution in [3.05, 3.63) is 23.8 Å². The van der Waals surface area contributed by atoms with Gasteiger partial charge in [-0.1, -0.05) is 19.8 Å². The van der Waals surface area contributed by atoms with Gasteiger partial charge in [-0.15, -0.1) is 0 Å². The van der Waals surface area contributed by atoms with E-state index in [0.29, 0.717) is 11.6 Å². The number of amides is 2. The van der Waals surface area contributed by atoms with Crippen molar-refractivity contribution in [2.45, 2.75) is 38.6 Å². The fourth-order valence-corrected chi connectivity index (χ4v) is 2.65. The number of anilines is 1. The SMILES string of the molecule is CC1CCCCC1NC(=O)Nc1ccc(O)c(C(=O)O)c1. The summed E-state index contributed by atoms with van der Waals surface area (Å²) in [5, 5.41) is 23.9. The largest absolute Gasteiger partial charge is 0.507 e. The Balaban J connectivity index is 1.99. The van der Waals surface area contributed by atoms with Crippen molar-refractivity contribution in [3.8, 4) is 5.75 Å². The number of hydrogen-bond donors (Lipinski definition) is 4. The van der Waals surface area contributed by atoms with Crippen LogP contribution in [0.15, 0.2) is 18.2 Å². The smallest absolute Gasteiger partial charge is 0.339 e. The summed E-state index contributed by atoms with van der Waals surface area (Å²) in [5.41, 5.74) is 0.102. The molecule has 1 saturated carbocycles. The van der Waals surface area contributed by atoms with Crippen LogP contribution in [0, 0.1) is 5.92 Å². The molecule has 0 saturated heterocycles. The Bertz CT molecular complexity index is 544. The van der Waals surface area contributed by atoms with Crippen molar-refractivity contribution >= 4 is 17.7 Å². The van der Waals surface area contributed by atoms with Crippen LogP contribution in [-0.4, -0.2) is 28.3 Å². The van der Waals surface area contributed by atoms with Crippen LogP contribution in [0.5, 0.6) is 5.75 Å². The van der Waals surface area contributed by atoms with Gasteiger partial charge >= 0.3 is 12.0 Å². The predicted molar refractivity (Wildman–Crippen MR) is 78.6 cm³/mol. The van der Waals surface area contributed by atoms with E-state index in [1.54, 1.807) is 0 Å². The molecule has 0 radical (unpaired) electrons. The summed E-state index contributed by atoms with van der Waals surface area (Å²) in [5.74, 6) is -1.12. The molecule has 2 unspecified atom stereocenters. The van der Waals surface area contributed by atoms with E-state index in [1.165, 1.54) is 24.6 Å². The van der Waals surface area contributed by atoms with Crippen molar-refractivity contribution in [1.82, 2.24) is 5.32 Å². The van der Waals surface area contributed by atoms with Gasteiger partial charge in [-0.05, 0) is 37.0 Å². The molecule has 114 valence electrons. The first-order valence-electron chi connectivity index (χ1n) is 7.11. The van der Waals surface area contributed by atoms with E-state index in [0.717, 1.165) is 19.3 Å². The summed E-state index contributed by atoms with van der Waals surface area (Å²) < 4.78 is 0. The molecule has 21 heavy (non-hydrogen) atoms. The van der Waals surface area contributed by atoms with Crippen molar-refractivity contribution in [1.29, 1.82) is 0 Å². The van der Waals surface area contributed by atoms with Gasteiger partial charge in [-0.3, -0.25) is 0 Å². The number of carbonyl (C=O) groups excluding carboxylic acids is 1. The fourth-order valence-electron chi connectivity index (χ4n) is 2.65. The van der Waals surface area contributed by atoms with Gasteiger partial charge in [0.05, 0.1) is 0 Å². The average molecular weight is 292 g/mol. The minimum Gasteiger partial charge on any atom is -0.507 e. The third kappa shape index (κ3) is 3.87. The number of aromatic hydroxyl groups is 1. The Morgan fingerprint density at radius 2 is 1.95 bits per heavy atom. The highest BCUT2D eigenvalue weighted by Gasteiger charge is 2.22. The van der Waals surface area contributed by atoms with Crippen molar-refractivity contribution in [3.63, 3.8) is 0 Å². The number of benzene rings is 1. The van der Waals surface area contributed by atoms with E-state index < -0.39 is 5.97 Å². The summed E-state index contributed by atoms with van der Waals surface area (Å²) in [6.45, 7) is 2.12. The van der Waals surface area contributed by atoms with Gasteiger partial charge in [-0.2, -0.15) is 0 Å². The van der Waals surface area contributed by atoms with E-state index in [-0.39, 0.29) is 23.4 Å². The normalized spacial score (nSPS) is 21.6. The van der Waals surface area contributed by atoms with Gasteiger partial charge in [0.1, 0.15) is 11.3 Å². The molecule has 6 nitrogen and oxygen atoms in total. The Labute approximate surface area is 123 Å². The molecule has 0 heterocycles. The van der Waals surface area contributed by atoms with Gasteiger partial charge in [0.25, 0.3) is 0 Å². The molecule has 6 heteroatoms. The van der Waals surface area contributed by atoms with Crippen LogP contribution in [-0.2, 0) is 0 Å². The molecule has 1 aromatic carbocycles. The number of nitrogens with one attached hydrogen (secondary N) is 2. The second-order valence-electron chi connectivity index (χ2n) is 5.50. The maximum Gasteiger partial charge on any atom is 0.339 e. The Morgan fingerprint density at radius 3 is 2.62 bits per heavy atom. The second kappa shape index (κ2) is 6.47. The van der Waals surface area contributed by atoms with Crippen LogP contribution in [0.3, 0.4) is 0 Å². The van der Waals surface area contributed by atoms with Crippen molar-refractivity contribution in [2.24, 2.45) is 5.92 Å². The van der Waals surface area contributed by atoms with E-state index in [2.05, 4.69) is 17.6 Å². The third-order valence-electron chi connectivity index (χ3n) is 3.91. The van der Waals surface area contributed by atoms with Crippen LogP contribution in [0.2, 0.25) is 0 Å². The zero-order chi connectivity index (χ0) is 15.4. The standard InChI is InChI=1S/C15H20N2O4/c1-9-4-2-3-5-12(9)17-15(21)16-10-6-7-13(18)11(8-10)14(19)20/h6-9,12,18H,2-5H2,1H3,(H,19,20)(H2,16,17,21). The maximum absolute atomic E-state index is 12.0. The number of carboxylic acid groups (broad SMARTS) is 1. The molecule has 1 aromatic rings. The zero-order valence-corrected chi connectivity index (χ0v) is 11.9. The van der Waals surface area contributed by atoms with Gasteiger partial charge in [0.2, 0.25) is 0 Å². The van der Waals surface area contributed by atoms with E-state index in [1.807, 2.05) is 0 Å². The summed E-state index contributed by atoms with van der Waals surface area (Å²) in [7, 11) is 0. The lowest BCUT2D eigenvalue weighted by atomic mass is 9.86.